The van der Waals surface area contributed by atoms with E-state index in [9.17, 15) is 0 Å². The molecule has 9 heteroatoms. The van der Waals surface area contributed by atoms with E-state index in [0.717, 1.165) is 40.9 Å². The average Bonchev–Trinajstić information content (AvgIpc) is 3.29. The Kier molecular flexibility index (Phi) is 4.01. The molecule has 4 rings (SSSR count). The fourth-order valence-electron chi connectivity index (χ4n) is 3.10. The minimum absolute atomic E-state index is 0.156. The maximum absolute atomic E-state index is 4.44. The summed E-state index contributed by atoms with van der Waals surface area (Å²) in [4.78, 5) is 1.15. The van der Waals surface area contributed by atoms with E-state index < -0.39 is 0 Å². The molecule has 0 saturated heterocycles. The quantitative estimate of drug-likeness (QED) is 0.763. The monoisotopic (exact) mass is 344 g/mol. The number of aryl methyl sites for hydroxylation is 2. The van der Waals surface area contributed by atoms with Gasteiger partial charge in [-0.25, -0.2) is 0 Å². The number of nitrogens with zero attached hydrogens (tertiary/aromatic N) is 7. The third kappa shape index (κ3) is 2.91. The lowest BCUT2D eigenvalue weighted by molar-refractivity contribution is 0.496. The SMILES string of the molecule is Cc1nnsc1C(C)Nc1cnn(Cc2nnc3n2CCCC3)c1. The highest BCUT2D eigenvalue weighted by molar-refractivity contribution is 7.05. The number of hydrogen-bond donors (Lipinski definition) is 1. The van der Waals surface area contributed by atoms with E-state index in [2.05, 4.69) is 41.7 Å². The summed E-state index contributed by atoms with van der Waals surface area (Å²) < 4.78 is 8.12. The number of rotatable bonds is 5. The van der Waals surface area contributed by atoms with E-state index in [1.54, 1.807) is 0 Å². The Morgan fingerprint density at radius 1 is 1.29 bits per heavy atom. The molecule has 24 heavy (non-hydrogen) atoms. The van der Waals surface area contributed by atoms with E-state index in [-0.39, 0.29) is 6.04 Å². The molecule has 0 aliphatic carbocycles. The van der Waals surface area contributed by atoms with Gasteiger partial charge in [-0.15, -0.1) is 15.3 Å². The van der Waals surface area contributed by atoms with E-state index in [4.69, 9.17) is 0 Å². The molecule has 3 aromatic rings. The van der Waals surface area contributed by atoms with Crippen LogP contribution in [0.2, 0.25) is 0 Å². The number of anilines is 1. The third-order valence-electron chi connectivity index (χ3n) is 4.34. The van der Waals surface area contributed by atoms with Crippen LogP contribution in [0.5, 0.6) is 0 Å². The van der Waals surface area contributed by atoms with Crippen LogP contribution in [0.15, 0.2) is 12.4 Å². The standard InChI is InChI=1S/C15H20N8S/c1-10(15-11(2)18-21-24-15)17-12-7-16-22(8-12)9-14-20-19-13-5-3-4-6-23(13)14/h7-8,10,17H,3-6,9H2,1-2H3. The molecule has 0 spiro atoms. The van der Waals surface area contributed by atoms with Crippen molar-refractivity contribution < 1.29 is 0 Å². The summed E-state index contributed by atoms with van der Waals surface area (Å²) in [6.07, 6.45) is 7.28. The Labute approximate surface area is 144 Å². The van der Waals surface area contributed by atoms with Crippen molar-refractivity contribution in [2.45, 2.75) is 52.2 Å². The highest BCUT2D eigenvalue weighted by Gasteiger charge is 2.17. The van der Waals surface area contributed by atoms with Crippen molar-refractivity contribution in [3.05, 3.63) is 34.6 Å². The lowest BCUT2D eigenvalue weighted by Crippen LogP contribution is -2.15. The summed E-state index contributed by atoms with van der Waals surface area (Å²) in [5.74, 6) is 2.08. The van der Waals surface area contributed by atoms with Crippen molar-refractivity contribution in [1.82, 2.24) is 34.1 Å². The Hall–Kier alpha value is -2.29. The van der Waals surface area contributed by atoms with Gasteiger partial charge in [0, 0.05) is 19.2 Å². The summed E-state index contributed by atoms with van der Waals surface area (Å²) in [5, 5.41) is 20.6. The van der Waals surface area contributed by atoms with Crippen molar-refractivity contribution >= 4 is 17.2 Å². The maximum Gasteiger partial charge on any atom is 0.154 e. The van der Waals surface area contributed by atoms with Crippen LogP contribution >= 0.6 is 11.5 Å². The zero-order valence-electron chi connectivity index (χ0n) is 13.8. The normalized spacial score (nSPS) is 15.2. The molecule has 1 N–H and O–H groups in total. The highest BCUT2D eigenvalue weighted by Crippen LogP contribution is 2.23. The molecular formula is C15H20N8S. The van der Waals surface area contributed by atoms with Gasteiger partial charge < -0.3 is 9.88 Å². The largest absolute Gasteiger partial charge is 0.375 e. The van der Waals surface area contributed by atoms with Gasteiger partial charge in [0.2, 0.25) is 0 Å². The number of aromatic nitrogens is 7. The lowest BCUT2D eigenvalue weighted by Gasteiger charge is -2.14. The Morgan fingerprint density at radius 2 is 2.21 bits per heavy atom. The first-order valence-corrected chi connectivity index (χ1v) is 8.97. The predicted molar refractivity (Wildman–Crippen MR) is 91.0 cm³/mol. The molecule has 1 aliphatic heterocycles. The lowest BCUT2D eigenvalue weighted by atomic mass is 10.2. The molecule has 0 saturated carbocycles. The molecular weight excluding hydrogens is 324 g/mol. The molecule has 0 aromatic carbocycles. The minimum Gasteiger partial charge on any atom is -0.375 e. The van der Waals surface area contributed by atoms with E-state index >= 15 is 0 Å². The summed E-state index contributed by atoms with van der Waals surface area (Å²) in [6.45, 7) is 5.74. The van der Waals surface area contributed by atoms with E-state index in [1.165, 1.54) is 24.4 Å². The van der Waals surface area contributed by atoms with Gasteiger partial charge in [0.05, 0.1) is 28.5 Å². The fraction of sp³-hybridized carbons (Fsp3) is 0.533. The summed E-state index contributed by atoms with van der Waals surface area (Å²) in [6, 6.07) is 0.156. The van der Waals surface area contributed by atoms with Gasteiger partial charge in [0.25, 0.3) is 0 Å². The van der Waals surface area contributed by atoms with Crippen LogP contribution < -0.4 is 5.32 Å². The van der Waals surface area contributed by atoms with Crippen molar-refractivity contribution in [2.75, 3.05) is 5.32 Å². The first-order valence-electron chi connectivity index (χ1n) is 8.19. The first-order chi connectivity index (χ1) is 11.7. The van der Waals surface area contributed by atoms with E-state index in [0.29, 0.717) is 6.54 Å². The van der Waals surface area contributed by atoms with Crippen LogP contribution in [-0.4, -0.2) is 34.1 Å². The molecule has 0 radical (unpaired) electrons. The molecule has 0 amide bonds. The molecule has 4 heterocycles. The molecule has 1 atom stereocenters. The highest BCUT2D eigenvalue weighted by atomic mass is 32.1. The van der Waals surface area contributed by atoms with Gasteiger partial charge in [0.1, 0.15) is 12.4 Å². The number of nitrogens with one attached hydrogen (secondary N) is 1. The molecule has 1 aliphatic rings. The minimum atomic E-state index is 0.156. The van der Waals surface area contributed by atoms with Crippen LogP contribution in [0.25, 0.3) is 0 Å². The predicted octanol–water partition coefficient (Wildman–Crippen LogP) is 2.19. The van der Waals surface area contributed by atoms with Gasteiger partial charge in [-0.3, -0.25) is 4.68 Å². The van der Waals surface area contributed by atoms with Crippen molar-refractivity contribution in [3.8, 4) is 0 Å². The smallest absolute Gasteiger partial charge is 0.154 e. The van der Waals surface area contributed by atoms with Crippen LogP contribution in [0, 0.1) is 6.92 Å². The van der Waals surface area contributed by atoms with E-state index in [1.807, 2.05) is 24.0 Å². The molecule has 126 valence electrons. The van der Waals surface area contributed by atoms with Gasteiger partial charge >= 0.3 is 0 Å². The van der Waals surface area contributed by atoms with Gasteiger partial charge in [-0.1, -0.05) is 4.49 Å². The van der Waals surface area contributed by atoms with Crippen molar-refractivity contribution in [2.24, 2.45) is 0 Å². The zero-order valence-corrected chi connectivity index (χ0v) is 14.6. The molecule has 0 bridgehead atoms. The summed E-state index contributed by atoms with van der Waals surface area (Å²) in [7, 11) is 0. The van der Waals surface area contributed by atoms with Crippen LogP contribution in [-0.2, 0) is 19.5 Å². The van der Waals surface area contributed by atoms with Gasteiger partial charge in [0.15, 0.2) is 5.82 Å². The first kappa shape index (κ1) is 15.3. The fourth-order valence-corrected chi connectivity index (χ4v) is 3.75. The average molecular weight is 344 g/mol. The van der Waals surface area contributed by atoms with Crippen molar-refractivity contribution in [3.63, 3.8) is 0 Å². The van der Waals surface area contributed by atoms with Crippen molar-refractivity contribution in [1.29, 1.82) is 0 Å². The van der Waals surface area contributed by atoms with Gasteiger partial charge in [-0.05, 0) is 38.2 Å². The second kappa shape index (κ2) is 6.31. The Bertz CT molecular complexity index is 832. The Morgan fingerprint density at radius 3 is 3.04 bits per heavy atom. The third-order valence-corrected chi connectivity index (χ3v) is 5.34. The number of hydrogen-bond acceptors (Lipinski definition) is 7. The summed E-state index contributed by atoms with van der Waals surface area (Å²) >= 11 is 1.43. The molecule has 3 aromatic heterocycles. The molecule has 1 unspecified atom stereocenters. The zero-order chi connectivity index (χ0) is 16.5. The number of fused-ring (bicyclic) bond motifs is 1. The maximum atomic E-state index is 4.44. The van der Waals surface area contributed by atoms with Crippen LogP contribution in [0.3, 0.4) is 0 Å². The second-order valence-corrected chi connectivity index (χ2v) is 6.94. The second-order valence-electron chi connectivity index (χ2n) is 6.16. The summed E-state index contributed by atoms with van der Waals surface area (Å²) in [5.41, 5.74) is 1.95. The topological polar surface area (TPSA) is 86.3 Å². The molecule has 8 nitrogen and oxygen atoms in total. The van der Waals surface area contributed by atoms with Crippen LogP contribution in [0.4, 0.5) is 5.69 Å². The van der Waals surface area contributed by atoms with Crippen LogP contribution in [0.1, 0.15) is 48.0 Å². The Balaban J connectivity index is 1.45. The van der Waals surface area contributed by atoms with Gasteiger partial charge in [-0.2, -0.15) is 5.10 Å². The molecule has 0 fully saturated rings.